The van der Waals surface area contributed by atoms with Crippen LogP contribution in [-0.4, -0.2) is 66.4 Å². The van der Waals surface area contributed by atoms with Gasteiger partial charge in [-0.1, -0.05) is 13.0 Å². The Hall–Kier alpha value is -2.45. The Morgan fingerprint density at radius 1 is 1.26 bits per heavy atom. The maximum Gasteiger partial charge on any atom is 0.228 e. The molecule has 0 bridgehead atoms. The van der Waals surface area contributed by atoms with Crippen molar-refractivity contribution in [1.82, 2.24) is 14.8 Å². The monoisotopic (exact) mass is 442 g/mol. The molecule has 3 heterocycles. The van der Waals surface area contributed by atoms with Gasteiger partial charge in [-0.15, -0.1) is 11.3 Å². The van der Waals surface area contributed by atoms with Crippen LogP contribution < -0.4 is 9.64 Å². The summed E-state index contributed by atoms with van der Waals surface area (Å²) < 4.78 is 5.44. The predicted octanol–water partition coefficient (Wildman–Crippen LogP) is 2.72. The number of carbonyl (C=O) groups is 2. The molecule has 0 N–H and O–H groups in total. The Morgan fingerprint density at radius 2 is 2.03 bits per heavy atom. The van der Waals surface area contributed by atoms with E-state index in [1.54, 1.807) is 23.3 Å². The van der Waals surface area contributed by atoms with E-state index >= 15 is 0 Å². The molecular weight excluding hydrogens is 412 g/mol. The maximum absolute atomic E-state index is 13.1. The van der Waals surface area contributed by atoms with Crippen molar-refractivity contribution in [3.8, 4) is 5.75 Å². The average Bonchev–Trinajstić information content (AvgIpc) is 3.40. The van der Waals surface area contributed by atoms with Crippen LogP contribution >= 0.6 is 11.3 Å². The first-order valence-corrected chi connectivity index (χ1v) is 11.8. The molecule has 2 amide bonds. The van der Waals surface area contributed by atoms with E-state index < -0.39 is 0 Å². The van der Waals surface area contributed by atoms with Crippen molar-refractivity contribution in [2.45, 2.75) is 33.2 Å². The van der Waals surface area contributed by atoms with Crippen LogP contribution in [0.25, 0.3) is 0 Å². The van der Waals surface area contributed by atoms with Crippen molar-refractivity contribution >= 4 is 28.8 Å². The molecular formula is C23H30N4O3S. The SMILES string of the molecule is CCc1nc(CN2CCN(C(=O)C3CC(=O)N(c4cc(C)ccc4OC)C3)CC2)cs1. The molecule has 7 nitrogen and oxygen atoms in total. The molecule has 0 spiro atoms. The number of aryl methyl sites for hydroxylation is 2. The molecule has 4 rings (SSSR count). The molecule has 1 atom stereocenters. The highest BCUT2D eigenvalue weighted by molar-refractivity contribution is 7.09. The molecule has 2 aliphatic rings. The lowest BCUT2D eigenvalue weighted by molar-refractivity contribution is -0.137. The molecule has 0 saturated carbocycles. The van der Waals surface area contributed by atoms with Gasteiger partial charge in [-0.2, -0.15) is 0 Å². The molecule has 1 aromatic carbocycles. The summed E-state index contributed by atoms with van der Waals surface area (Å²) in [6, 6.07) is 5.78. The Balaban J connectivity index is 1.34. The van der Waals surface area contributed by atoms with Gasteiger partial charge in [0.1, 0.15) is 5.75 Å². The minimum absolute atomic E-state index is 0.0175. The second-order valence-corrected chi connectivity index (χ2v) is 9.21. The number of hydrogen-bond acceptors (Lipinski definition) is 6. The van der Waals surface area contributed by atoms with E-state index in [2.05, 4.69) is 22.2 Å². The average molecular weight is 443 g/mol. The zero-order valence-corrected chi connectivity index (χ0v) is 19.3. The fraction of sp³-hybridized carbons (Fsp3) is 0.522. The second-order valence-electron chi connectivity index (χ2n) is 8.27. The number of nitrogens with zero attached hydrogens (tertiary/aromatic N) is 4. The number of methoxy groups -OCH3 is 1. The number of amides is 2. The zero-order valence-electron chi connectivity index (χ0n) is 18.5. The van der Waals surface area contributed by atoms with E-state index in [0.29, 0.717) is 25.4 Å². The van der Waals surface area contributed by atoms with Crippen molar-refractivity contribution in [2.24, 2.45) is 5.92 Å². The van der Waals surface area contributed by atoms with Crippen LogP contribution in [0.15, 0.2) is 23.6 Å². The van der Waals surface area contributed by atoms with E-state index in [4.69, 9.17) is 4.74 Å². The lowest BCUT2D eigenvalue weighted by Gasteiger charge is -2.35. The molecule has 8 heteroatoms. The van der Waals surface area contributed by atoms with Crippen LogP contribution in [0, 0.1) is 12.8 Å². The van der Waals surface area contributed by atoms with Gasteiger partial charge in [0.2, 0.25) is 11.8 Å². The van der Waals surface area contributed by atoms with E-state index in [0.717, 1.165) is 43.0 Å². The predicted molar refractivity (Wildman–Crippen MR) is 122 cm³/mol. The number of aromatic nitrogens is 1. The third-order valence-corrected chi connectivity index (χ3v) is 7.11. The smallest absolute Gasteiger partial charge is 0.228 e. The summed E-state index contributed by atoms with van der Waals surface area (Å²) in [7, 11) is 1.60. The molecule has 166 valence electrons. The molecule has 2 saturated heterocycles. The van der Waals surface area contributed by atoms with Gasteiger partial charge in [0.25, 0.3) is 0 Å². The maximum atomic E-state index is 13.1. The Bertz CT molecular complexity index is 952. The van der Waals surface area contributed by atoms with Crippen molar-refractivity contribution in [1.29, 1.82) is 0 Å². The van der Waals surface area contributed by atoms with Crippen molar-refractivity contribution in [3.63, 3.8) is 0 Å². The third kappa shape index (κ3) is 4.75. The van der Waals surface area contributed by atoms with E-state index in [1.807, 2.05) is 30.0 Å². The van der Waals surface area contributed by atoms with Crippen LogP contribution in [0.2, 0.25) is 0 Å². The molecule has 0 aliphatic carbocycles. The topological polar surface area (TPSA) is 66.0 Å². The van der Waals surface area contributed by atoms with Gasteiger partial charge in [0.05, 0.1) is 29.4 Å². The van der Waals surface area contributed by atoms with Crippen LogP contribution in [0.1, 0.15) is 29.6 Å². The number of anilines is 1. The van der Waals surface area contributed by atoms with E-state index in [1.165, 1.54) is 5.01 Å². The first kappa shape index (κ1) is 21.8. The van der Waals surface area contributed by atoms with Crippen LogP contribution in [0.3, 0.4) is 0 Å². The van der Waals surface area contributed by atoms with E-state index in [-0.39, 0.29) is 24.2 Å². The lowest BCUT2D eigenvalue weighted by atomic mass is 10.1. The van der Waals surface area contributed by atoms with Gasteiger partial charge in [-0.25, -0.2) is 4.98 Å². The minimum Gasteiger partial charge on any atom is -0.495 e. The zero-order chi connectivity index (χ0) is 22.0. The molecule has 2 aromatic rings. The standard InChI is InChI=1S/C23H30N4O3S/c1-4-21-24-18(15-31-21)14-25-7-9-26(10-8-25)23(29)17-12-22(28)27(13-17)19-11-16(2)5-6-20(19)30-3/h5-6,11,15,17H,4,7-10,12-14H2,1-3H3. The van der Waals surface area contributed by atoms with Gasteiger partial charge >= 0.3 is 0 Å². The van der Waals surface area contributed by atoms with Crippen molar-refractivity contribution in [2.75, 3.05) is 44.7 Å². The number of thiazole rings is 1. The number of piperazine rings is 1. The number of hydrogen-bond donors (Lipinski definition) is 0. The normalized spacial score (nSPS) is 19.8. The van der Waals surface area contributed by atoms with Crippen molar-refractivity contribution < 1.29 is 14.3 Å². The van der Waals surface area contributed by atoms with Gasteiger partial charge in [-0.05, 0) is 31.0 Å². The fourth-order valence-corrected chi connectivity index (χ4v) is 5.05. The number of benzene rings is 1. The molecule has 2 fully saturated rings. The first-order chi connectivity index (χ1) is 15.0. The summed E-state index contributed by atoms with van der Waals surface area (Å²) in [4.78, 5) is 36.5. The number of carbonyl (C=O) groups excluding carboxylic acids is 2. The molecule has 1 aromatic heterocycles. The Kier molecular flexibility index (Phi) is 6.57. The van der Waals surface area contributed by atoms with Crippen molar-refractivity contribution in [3.05, 3.63) is 39.8 Å². The van der Waals surface area contributed by atoms with Crippen LogP contribution in [-0.2, 0) is 22.6 Å². The Labute approximate surface area is 187 Å². The highest BCUT2D eigenvalue weighted by atomic mass is 32.1. The molecule has 2 aliphatic heterocycles. The van der Waals surface area contributed by atoms with Crippen LogP contribution in [0.5, 0.6) is 5.75 Å². The summed E-state index contributed by atoms with van der Waals surface area (Å²) in [6.07, 6.45) is 1.23. The van der Waals surface area contributed by atoms with Gasteiger partial charge in [-0.3, -0.25) is 14.5 Å². The fourth-order valence-electron chi connectivity index (χ4n) is 4.31. The largest absolute Gasteiger partial charge is 0.495 e. The van der Waals surface area contributed by atoms with Gasteiger partial charge < -0.3 is 14.5 Å². The molecule has 31 heavy (non-hydrogen) atoms. The quantitative estimate of drug-likeness (QED) is 0.688. The highest BCUT2D eigenvalue weighted by Gasteiger charge is 2.38. The summed E-state index contributed by atoms with van der Waals surface area (Å²) >= 11 is 1.71. The van der Waals surface area contributed by atoms with Gasteiger partial charge in [0.15, 0.2) is 0 Å². The number of ether oxygens (including phenoxy) is 1. The summed E-state index contributed by atoms with van der Waals surface area (Å²) in [5.41, 5.74) is 2.92. The van der Waals surface area contributed by atoms with Gasteiger partial charge in [0, 0.05) is 51.1 Å². The summed E-state index contributed by atoms with van der Waals surface area (Å²) in [5.74, 6) is 0.434. The van der Waals surface area contributed by atoms with E-state index in [9.17, 15) is 9.59 Å². The third-order valence-electron chi connectivity index (χ3n) is 6.07. The minimum atomic E-state index is -0.296. The summed E-state index contributed by atoms with van der Waals surface area (Å²) in [5, 5.41) is 3.30. The Morgan fingerprint density at radius 3 is 2.71 bits per heavy atom. The first-order valence-electron chi connectivity index (χ1n) is 10.9. The lowest BCUT2D eigenvalue weighted by Crippen LogP contribution is -2.50. The second kappa shape index (κ2) is 9.36. The van der Waals surface area contributed by atoms with Crippen LogP contribution in [0.4, 0.5) is 5.69 Å². The molecule has 0 radical (unpaired) electrons. The summed E-state index contributed by atoms with van der Waals surface area (Å²) in [6.45, 7) is 8.42. The number of rotatable bonds is 6. The highest BCUT2D eigenvalue weighted by Crippen LogP contribution is 2.34. The molecule has 1 unspecified atom stereocenters.